The molecule has 9 rings (SSSR count). The molecule has 0 bridgehead atoms. The molecule has 2 fully saturated rings. The predicted molar refractivity (Wildman–Crippen MR) is 267 cm³/mol. The topological polar surface area (TPSA) is 225 Å². The van der Waals surface area contributed by atoms with Crippen LogP contribution in [0, 0.1) is 17.7 Å². The summed E-state index contributed by atoms with van der Waals surface area (Å²) in [6, 6.07) is 11.7. The number of nitrogens with one attached hydrogen (secondary N) is 3. The molecule has 3 aliphatic heterocycles. The van der Waals surface area contributed by atoms with Crippen LogP contribution in [-0.2, 0) is 35.2 Å². The maximum Gasteiger partial charge on any atom is 0.404 e. The number of methoxy groups -OCH3 is 3. The zero-order valence-corrected chi connectivity index (χ0v) is 42.3. The lowest BCUT2D eigenvalue weighted by Crippen LogP contribution is -2.29. The summed E-state index contributed by atoms with van der Waals surface area (Å²) in [5.74, 6) is 2.22. The van der Waals surface area contributed by atoms with Crippen LogP contribution >= 0.6 is 11.3 Å². The quantitative estimate of drug-likeness (QED) is 0.0851. The number of rotatable bonds is 12. The molecule has 4 aromatic heterocycles. The van der Waals surface area contributed by atoms with Crippen LogP contribution in [0.15, 0.2) is 61.3 Å². The van der Waals surface area contributed by atoms with E-state index in [1.165, 1.54) is 37.4 Å². The fourth-order valence-electron chi connectivity index (χ4n) is 7.93. The summed E-state index contributed by atoms with van der Waals surface area (Å²) < 4.78 is 38.0. The lowest BCUT2D eigenvalue weighted by Gasteiger charge is -2.29. The molecule has 3 atom stereocenters. The Bertz CT molecular complexity index is 2610. The van der Waals surface area contributed by atoms with Gasteiger partial charge in [-0.05, 0) is 74.8 Å². The number of aromatic amines is 2. The third kappa shape index (κ3) is 14.0. The minimum absolute atomic E-state index is 0.0387. The maximum absolute atomic E-state index is 15.9. The van der Waals surface area contributed by atoms with E-state index in [-0.39, 0.29) is 11.9 Å². The number of H-pyrrole nitrogens is 2. The van der Waals surface area contributed by atoms with Crippen molar-refractivity contribution < 1.29 is 42.5 Å². The molecule has 70 heavy (non-hydrogen) atoms. The van der Waals surface area contributed by atoms with E-state index in [4.69, 9.17) is 9.47 Å². The molecule has 2 saturated heterocycles. The van der Waals surface area contributed by atoms with Crippen LogP contribution in [0.3, 0.4) is 0 Å². The molecule has 18 nitrogen and oxygen atoms in total. The van der Waals surface area contributed by atoms with Crippen molar-refractivity contribution in [1.82, 2.24) is 44.6 Å². The summed E-state index contributed by atoms with van der Waals surface area (Å²) in [7, 11) is 6.11. The Morgan fingerprint density at radius 3 is 2.29 bits per heavy atom. The standard InChI is InChI=1S/C31H26FN7O3S.C9H17NO.C6H13NO.C2H5NO2.C2H6O/c1-41-14-28-34-13-27(43-28)31-39-23-5-4-17(22-12-35-30(37-22)24-3-2-6-38(24)16-40)7-19(23)9-25(39)29-20(32)8-18(10-26(29)42-31)21-11-33-15-36-21;1-8(2)7-9(11)10-5-3-4-6-10;1-5(2)6(3)7-4-8;1-5-2(3)4;1-3-2/h4-5,7-13,15-16,24,31H,2-3,6,14H2,1H3,(H,33,36)(H,35,37);8H,3-7H2,1-2H3;4-6H,1-3H3,(H,7,8);1H3,(H2,3,4);1-2H3. The number of carbonyl (C=O) groups is 4. The summed E-state index contributed by atoms with van der Waals surface area (Å²) in [6.07, 6.45) is 12.1. The molecular weight excluding hydrogens is 920 g/mol. The molecule has 2 aromatic carbocycles. The molecule has 378 valence electrons. The highest BCUT2D eigenvalue weighted by Gasteiger charge is 2.33. The van der Waals surface area contributed by atoms with E-state index < -0.39 is 12.3 Å². The Morgan fingerprint density at radius 2 is 1.69 bits per heavy atom. The van der Waals surface area contributed by atoms with E-state index in [0.29, 0.717) is 58.7 Å². The summed E-state index contributed by atoms with van der Waals surface area (Å²) in [6.45, 7) is 13.4. The molecule has 0 aliphatic carbocycles. The van der Waals surface area contributed by atoms with Crippen molar-refractivity contribution in [3.8, 4) is 39.5 Å². The van der Waals surface area contributed by atoms with Crippen LogP contribution in [-0.4, -0.2) is 118 Å². The maximum atomic E-state index is 15.9. The molecule has 0 spiro atoms. The van der Waals surface area contributed by atoms with Crippen LogP contribution < -0.4 is 15.8 Å². The lowest BCUT2D eigenvalue weighted by molar-refractivity contribution is -0.130. The smallest absolute Gasteiger partial charge is 0.404 e. The Hall–Kier alpha value is -6.64. The number of hydrogen-bond acceptors (Lipinski definition) is 12. The Labute approximate surface area is 412 Å². The molecule has 6 aromatic rings. The minimum Gasteiger partial charge on any atom is -0.464 e. The number of thiazole rings is 1. The van der Waals surface area contributed by atoms with Gasteiger partial charge in [-0.1, -0.05) is 33.8 Å². The van der Waals surface area contributed by atoms with Crippen molar-refractivity contribution in [2.45, 2.75) is 91.6 Å². The SMILES string of the molecule is CC(C)C(C)NC=O.CC(C)CC(=O)N1CCCC1.COC.COC(N)=O.COCc1ncc(C2Oc3cc(-c4cnc[nH]4)cc(F)c3-c3cc4cc(-c5cnc(C6CCCN6C=O)[nH]5)ccc4n32)s1. The number of nitrogens with zero attached hydrogens (tertiary/aromatic N) is 6. The minimum atomic E-state index is -0.745. The average molecular weight is 987 g/mol. The summed E-state index contributed by atoms with van der Waals surface area (Å²) in [5.41, 5.74) is 9.59. The highest BCUT2D eigenvalue weighted by molar-refractivity contribution is 7.11. The largest absolute Gasteiger partial charge is 0.464 e. The number of halogens is 1. The highest BCUT2D eigenvalue weighted by atomic mass is 32.1. The lowest BCUT2D eigenvalue weighted by atomic mass is 10.0. The number of amides is 4. The van der Waals surface area contributed by atoms with E-state index >= 15 is 4.39 Å². The molecule has 3 aliphatic rings. The molecule has 4 amide bonds. The number of primary amides is 1. The average Bonchev–Trinajstić information content (AvgIpc) is 4.20. The highest BCUT2D eigenvalue weighted by Crippen LogP contribution is 2.48. The summed E-state index contributed by atoms with van der Waals surface area (Å²) >= 11 is 1.50. The number of likely N-dealkylation sites (tertiary alicyclic amines) is 2. The van der Waals surface area contributed by atoms with Gasteiger partial charge >= 0.3 is 6.09 Å². The first-order chi connectivity index (χ1) is 33.7. The van der Waals surface area contributed by atoms with E-state index in [1.54, 1.807) is 51.1 Å². The Balaban J connectivity index is 0.000000277. The second kappa shape index (κ2) is 26.4. The van der Waals surface area contributed by atoms with Gasteiger partial charge in [-0.25, -0.2) is 24.1 Å². The van der Waals surface area contributed by atoms with Crippen LogP contribution in [0.25, 0.3) is 44.7 Å². The number of hydrogen-bond donors (Lipinski definition) is 4. The van der Waals surface area contributed by atoms with E-state index in [1.807, 2.05) is 40.7 Å². The Kier molecular flexibility index (Phi) is 20.5. The third-order valence-corrected chi connectivity index (χ3v) is 12.7. The predicted octanol–water partition coefficient (Wildman–Crippen LogP) is 8.47. The van der Waals surface area contributed by atoms with Crippen LogP contribution in [0.4, 0.5) is 9.18 Å². The summed E-state index contributed by atoms with van der Waals surface area (Å²) in [4.78, 5) is 66.4. The van der Waals surface area contributed by atoms with Gasteiger partial charge in [0.15, 0.2) is 0 Å². The van der Waals surface area contributed by atoms with Crippen LogP contribution in [0.1, 0.15) is 94.7 Å². The van der Waals surface area contributed by atoms with Gasteiger partial charge in [0.2, 0.25) is 25.0 Å². The van der Waals surface area contributed by atoms with Crippen molar-refractivity contribution in [3.63, 3.8) is 0 Å². The van der Waals surface area contributed by atoms with Gasteiger partial charge in [0.05, 0.1) is 71.5 Å². The second-order valence-electron chi connectivity index (χ2n) is 17.6. The van der Waals surface area contributed by atoms with Crippen molar-refractivity contribution in [1.29, 1.82) is 0 Å². The van der Waals surface area contributed by atoms with Gasteiger partial charge in [-0.15, -0.1) is 11.3 Å². The van der Waals surface area contributed by atoms with Crippen molar-refractivity contribution in [3.05, 3.63) is 82.8 Å². The van der Waals surface area contributed by atoms with Gasteiger partial charge in [0, 0.05) is 76.1 Å². The van der Waals surface area contributed by atoms with E-state index in [2.05, 4.69) is 79.2 Å². The molecule has 3 unspecified atom stereocenters. The van der Waals surface area contributed by atoms with Crippen molar-refractivity contribution in [2.75, 3.05) is 48.1 Å². The molecule has 5 N–H and O–H groups in total. The van der Waals surface area contributed by atoms with Gasteiger partial charge in [0.1, 0.15) is 22.4 Å². The number of ether oxygens (including phenoxy) is 4. The monoisotopic (exact) mass is 986 g/mol. The molecule has 0 radical (unpaired) electrons. The number of carbonyl (C=O) groups excluding carboxylic acids is 4. The third-order valence-electron chi connectivity index (χ3n) is 11.7. The second-order valence-corrected chi connectivity index (χ2v) is 18.8. The Morgan fingerprint density at radius 1 is 0.957 bits per heavy atom. The number of nitrogens with two attached hydrogens (primary N) is 1. The molecule has 7 heterocycles. The number of fused-ring (bicyclic) bond motifs is 5. The van der Waals surface area contributed by atoms with E-state index in [9.17, 15) is 19.2 Å². The first-order valence-corrected chi connectivity index (χ1v) is 24.0. The van der Waals surface area contributed by atoms with E-state index in [0.717, 1.165) is 89.6 Å². The van der Waals surface area contributed by atoms with Gasteiger partial charge in [0.25, 0.3) is 0 Å². The van der Waals surface area contributed by atoms with Gasteiger partial charge < -0.3 is 49.8 Å². The molecule has 0 saturated carbocycles. The summed E-state index contributed by atoms with van der Waals surface area (Å²) in [5, 5.41) is 4.42. The first-order valence-electron chi connectivity index (χ1n) is 23.2. The fourth-order valence-corrected chi connectivity index (χ4v) is 8.85. The van der Waals surface area contributed by atoms with Crippen molar-refractivity contribution >= 4 is 47.1 Å². The van der Waals surface area contributed by atoms with Crippen LogP contribution in [0.2, 0.25) is 0 Å². The van der Waals surface area contributed by atoms with Crippen molar-refractivity contribution in [2.24, 2.45) is 17.6 Å². The molecular formula is C50H67FN10O8S. The fraction of sp³-hybridized carbons (Fsp3) is 0.460. The van der Waals surface area contributed by atoms with Gasteiger partial charge in [-0.2, -0.15) is 0 Å². The first kappa shape index (κ1) is 54.3. The normalized spacial score (nSPS) is 15.9. The van der Waals surface area contributed by atoms with Gasteiger partial charge in [-0.3, -0.25) is 19.0 Å². The molecule has 20 heteroatoms. The zero-order chi connectivity index (χ0) is 50.9. The zero-order valence-electron chi connectivity index (χ0n) is 41.5. The number of benzene rings is 2. The number of aromatic nitrogens is 6. The van der Waals surface area contributed by atoms with Crippen LogP contribution in [0.5, 0.6) is 5.75 Å². The number of imidazole rings is 2.